The Morgan fingerprint density at radius 3 is 1.44 bits per heavy atom. The SMILES string of the molecule is Oc1cc(SSc2cc(O)c3nc(NCC(F)(F)F)sc3c2)cc2sc(NCC(F)(F)F)nc12. The van der Waals surface area contributed by atoms with Crippen LogP contribution in [0.15, 0.2) is 34.1 Å². The van der Waals surface area contributed by atoms with Gasteiger partial charge in [0.15, 0.2) is 10.3 Å². The van der Waals surface area contributed by atoms with Crippen molar-refractivity contribution in [2.24, 2.45) is 0 Å². The third-order valence-corrected chi connectivity index (χ3v) is 8.28. The molecule has 0 aliphatic rings. The molecular weight excluding hydrogens is 546 g/mol. The minimum Gasteiger partial charge on any atom is -0.506 e. The maximum Gasteiger partial charge on any atom is 0.405 e. The normalized spacial score (nSPS) is 12.5. The lowest BCUT2D eigenvalue weighted by molar-refractivity contribution is -0.116. The molecule has 2 heterocycles. The molecule has 182 valence electrons. The van der Waals surface area contributed by atoms with Crippen LogP contribution in [0.1, 0.15) is 0 Å². The lowest BCUT2D eigenvalue weighted by Gasteiger charge is -2.05. The Kier molecular flexibility index (Phi) is 6.85. The zero-order chi connectivity index (χ0) is 24.7. The number of aromatic hydroxyl groups is 2. The third-order valence-electron chi connectivity index (χ3n) is 4.01. The molecule has 6 nitrogen and oxygen atoms in total. The standard InChI is InChI=1S/C18H12F6N4O2S4/c19-17(20,21)5-25-15-27-13-9(29)1-7(3-11(13)31-15)33-34-8-2-10(30)14-12(4-8)32-16(28-14)26-6-18(22,23)24/h1-4,29-30H,5-6H2,(H,25,27)(H,26,28). The van der Waals surface area contributed by atoms with Gasteiger partial charge in [0.2, 0.25) is 0 Å². The number of benzene rings is 2. The lowest BCUT2D eigenvalue weighted by Crippen LogP contribution is -2.21. The highest BCUT2D eigenvalue weighted by Crippen LogP contribution is 2.45. The first kappa shape index (κ1) is 24.8. The van der Waals surface area contributed by atoms with E-state index in [0.29, 0.717) is 19.2 Å². The van der Waals surface area contributed by atoms with Crippen LogP contribution < -0.4 is 10.6 Å². The predicted molar refractivity (Wildman–Crippen MR) is 123 cm³/mol. The van der Waals surface area contributed by atoms with Crippen molar-refractivity contribution in [3.63, 3.8) is 0 Å². The predicted octanol–water partition coefficient (Wildman–Crippen LogP) is 7.07. The Morgan fingerprint density at radius 1 is 0.706 bits per heavy atom. The number of hydrogen-bond donors (Lipinski definition) is 4. The summed E-state index contributed by atoms with van der Waals surface area (Å²) in [6.45, 7) is -2.50. The van der Waals surface area contributed by atoms with Crippen LogP contribution >= 0.6 is 44.3 Å². The zero-order valence-corrected chi connectivity index (χ0v) is 19.7. The van der Waals surface area contributed by atoms with E-state index in [1.54, 1.807) is 12.1 Å². The van der Waals surface area contributed by atoms with Gasteiger partial charge in [-0.15, -0.1) is 0 Å². The van der Waals surface area contributed by atoms with Crippen LogP contribution in [0.2, 0.25) is 0 Å². The Bertz CT molecular complexity index is 1240. The fourth-order valence-corrected chi connectivity index (χ4v) is 6.66. The first-order valence-corrected chi connectivity index (χ1v) is 12.9. The van der Waals surface area contributed by atoms with Gasteiger partial charge in [0.1, 0.15) is 35.6 Å². The molecule has 0 saturated carbocycles. The average Bonchev–Trinajstić information content (AvgIpc) is 3.32. The number of rotatable bonds is 7. The Labute approximate surface area is 202 Å². The van der Waals surface area contributed by atoms with Crippen molar-refractivity contribution in [3.8, 4) is 11.5 Å². The summed E-state index contributed by atoms with van der Waals surface area (Å²) < 4.78 is 75.4. The lowest BCUT2D eigenvalue weighted by atomic mass is 10.3. The second kappa shape index (κ2) is 9.39. The van der Waals surface area contributed by atoms with Crippen LogP contribution in [-0.4, -0.2) is 45.6 Å². The van der Waals surface area contributed by atoms with Gasteiger partial charge >= 0.3 is 12.4 Å². The maximum absolute atomic E-state index is 12.4. The highest BCUT2D eigenvalue weighted by molar-refractivity contribution is 8.76. The Balaban J connectivity index is 1.48. The van der Waals surface area contributed by atoms with Crippen LogP contribution in [0.3, 0.4) is 0 Å². The number of hydrogen-bond acceptors (Lipinski definition) is 10. The summed E-state index contributed by atoms with van der Waals surface area (Å²) in [5.74, 6) is -0.393. The Morgan fingerprint density at radius 2 is 1.09 bits per heavy atom. The number of nitrogens with one attached hydrogen (secondary N) is 2. The average molecular weight is 559 g/mol. The van der Waals surface area contributed by atoms with Crippen molar-refractivity contribution in [1.82, 2.24) is 9.97 Å². The van der Waals surface area contributed by atoms with Crippen molar-refractivity contribution in [2.45, 2.75) is 22.1 Å². The third kappa shape index (κ3) is 6.22. The number of halogens is 6. The summed E-state index contributed by atoms with van der Waals surface area (Å²) in [7, 11) is 2.42. The number of thiazole rings is 2. The van der Waals surface area contributed by atoms with E-state index in [4.69, 9.17) is 0 Å². The van der Waals surface area contributed by atoms with Crippen molar-refractivity contribution in [2.75, 3.05) is 23.7 Å². The van der Waals surface area contributed by atoms with Crippen LogP contribution in [-0.2, 0) is 0 Å². The summed E-state index contributed by atoms with van der Waals surface area (Å²) in [5, 5.41) is 24.9. The quantitative estimate of drug-likeness (QED) is 0.142. The molecule has 16 heteroatoms. The van der Waals surface area contributed by atoms with Gasteiger partial charge in [-0.25, -0.2) is 9.97 Å². The van der Waals surface area contributed by atoms with Crippen LogP contribution in [0.5, 0.6) is 11.5 Å². The molecule has 0 radical (unpaired) electrons. The van der Waals surface area contributed by atoms with Crippen LogP contribution in [0, 0.1) is 0 Å². The van der Waals surface area contributed by atoms with Gasteiger partial charge < -0.3 is 20.8 Å². The number of nitrogens with zero attached hydrogens (tertiary/aromatic N) is 2. The number of phenols is 2. The molecule has 2 aromatic heterocycles. The molecule has 4 N–H and O–H groups in total. The number of fused-ring (bicyclic) bond motifs is 2. The summed E-state index contributed by atoms with van der Waals surface area (Å²) >= 11 is 1.93. The first-order chi connectivity index (χ1) is 15.9. The molecule has 34 heavy (non-hydrogen) atoms. The summed E-state index contributed by atoms with van der Waals surface area (Å²) in [6, 6.07) is 6.15. The molecule has 0 fully saturated rings. The molecule has 0 aliphatic carbocycles. The molecular formula is C18H12F6N4O2S4. The van der Waals surface area contributed by atoms with Crippen LogP contribution in [0.25, 0.3) is 20.4 Å². The summed E-state index contributed by atoms with van der Waals surface area (Å²) in [6.07, 6.45) is -8.81. The minimum absolute atomic E-state index is 0.0212. The van der Waals surface area contributed by atoms with E-state index in [-0.39, 0.29) is 32.8 Å². The monoisotopic (exact) mass is 558 g/mol. The summed E-state index contributed by atoms with van der Waals surface area (Å²) in [4.78, 5) is 9.12. The van der Waals surface area contributed by atoms with E-state index < -0.39 is 25.4 Å². The van der Waals surface area contributed by atoms with Crippen molar-refractivity contribution < 1.29 is 36.6 Å². The second-order valence-corrected chi connectivity index (χ2v) is 11.1. The molecule has 2 aromatic carbocycles. The highest BCUT2D eigenvalue weighted by atomic mass is 33.1. The highest BCUT2D eigenvalue weighted by Gasteiger charge is 2.28. The van der Waals surface area contributed by atoms with Gasteiger partial charge in [-0.2, -0.15) is 26.3 Å². The fraction of sp³-hybridized carbons (Fsp3) is 0.222. The molecule has 4 aromatic rings. The maximum atomic E-state index is 12.4. The number of alkyl halides is 6. The zero-order valence-electron chi connectivity index (χ0n) is 16.4. The van der Waals surface area contributed by atoms with E-state index in [1.165, 1.54) is 33.7 Å². The largest absolute Gasteiger partial charge is 0.506 e. The number of aromatic nitrogens is 2. The molecule has 0 amide bonds. The number of anilines is 2. The Hall–Kier alpha value is -2.30. The van der Waals surface area contributed by atoms with E-state index in [9.17, 15) is 36.6 Å². The van der Waals surface area contributed by atoms with Crippen molar-refractivity contribution >= 4 is 75.0 Å². The molecule has 4 rings (SSSR count). The van der Waals surface area contributed by atoms with Gasteiger partial charge in [0.05, 0.1) is 9.40 Å². The van der Waals surface area contributed by atoms with Gasteiger partial charge in [-0.3, -0.25) is 0 Å². The van der Waals surface area contributed by atoms with Crippen LogP contribution in [0.4, 0.5) is 36.6 Å². The van der Waals surface area contributed by atoms with Crippen molar-refractivity contribution in [3.05, 3.63) is 24.3 Å². The second-order valence-electron chi connectivity index (χ2n) is 6.72. The molecule has 0 spiro atoms. The van der Waals surface area contributed by atoms with Gasteiger partial charge in [-0.1, -0.05) is 44.3 Å². The number of phenolic OH excluding ortho intramolecular Hbond substituents is 2. The van der Waals surface area contributed by atoms with Gasteiger partial charge in [0.25, 0.3) is 0 Å². The minimum atomic E-state index is -4.41. The first-order valence-electron chi connectivity index (χ1n) is 9.09. The van der Waals surface area contributed by atoms with E-state index >= 15 is 0 Å². The molecule has 0 aliphatic heterocycles. The molecule has 0 atom stereocenters. The summed E-state index contributed by atoms with van der Waals surface area (Å²) in [5.41, 5.74) is 0.346. The van der Waals surface area contributed by atoms with E-state index in [0.717, 1.165) is 22.7 Å². The molecule has 0 saturated heterocycles. The molecule has 0 unspecified atom stereocenters. The van der Waals surface area contributed by atoms with E-state index in [1.807, 2.05) is 0 Å². The van der Waals surface area contributed by atoms with Crippen molar-refractivity contribution in [1.29, 1.82) is 0 Å². The molecule has 0 bridgehead atoms. The van der Waals surface area contributed by atoms with E-state index in [2.05, 4.69) is 20.6 Å². The van der Waals surface area contributed by atoms with Gasteiger partial charge in [0, 0.05) is 9.79 Å². The van der Waals surface area contributed by atoms with Gasteiger partial charge in [-0.05, 0) is 24.3 Å². The smallest absolute Gasteiger partial charge is 0.405 e. The fourth-order valence-electron chi connectivity index (χ4n) is 2.67. The topological polar surface area (TPSA) is 90.3 Å².